The van der Waals surface area contributed by atoms with Gasteiger partial charge in [-0.25, -0.2) is 0 Å². The van der Waals surface area contributed by atoms with Gasteiger partial charge in [-0.3, -0.25) is 10.1 Å². The smallest absolute Gasteiger partial charge is 0.236 e. The van der Waals surface area contributed by atoms with Crippen LogP contribution < -0.4 is 5.32 Å². The molecule has 0 aromatic carbocycles. The van der Waals surface area contributed by atoms with Gasteiger partial charge in [-0.05, 0) is 5.75 Å². The van der Waals surface area contributed by atoms with Gasteiger partial charge in [0.2, 0.25) is 11.0 Å². The Morgan fingerprint density at radius 1 is 1.69 bits per heavy atom. The van der Waals surface area contributed by atoms with Gasteiger partial charge in [0.1, 0.15) is 0 Å². The summed E-state index contributed by atoms with van der Waals surface area (Å²) < 4.78 is 0.882. The van der Waals surface area contributed by atoms with Crippen LogP contribution in [0.4, 0.5) is 5.13 Å². The zero-order valence-electron chi connectivity index (χ0n) is 6.91. The van der Waals surface area contributed by atoms with Crippen molar-refractivity contribution < 1.29 is 4.79 Å². The Hall–Kier alpha value is -0.140. The number of halogens is 1. The lowest BCUT2D eigenvalue weighted by Crippen LogP contribution is -2.11. The highest BCUT2D eigenvalue weighted by molar-refractivity contribution is 9.09. The Morgan fingerprint density at radius 2 is 2.46 bits per heavy atom. The summed E-state index contributed by atoms with van der Waals surface area (Å²) in [7, 11) is 0. The first-order chi connectivity index (χ1) is 6.26. The van der Waals surface area contributed by atoms with Crippen molar-refractivity contribution in [3.8, 4) is 0 Å². The maximum Gasteiger partial charge on any atom is 0.236 e. The number of hydrogen-bond acceptors (Lipinski definition) is 5. The molecule has 1 N–H and O–H groups in total. The largest absolute Gasteiger partial charge is 0.300 e. The van der Waals surface area contributed by atoms with Crippen molar-refractivity contribution in [1.82, 2.24) is 10.2 Å². The molecule has 0 radical (unpaired) electrons. The molecule has 0 aliphatic heterocycles. The standard InChI is InChI=1S/C6H8BrN3OS2/c1-2-12-6-10-9-5(13-6)8-4(11)3-7/h2-3H2,1H3,(H,8,9,11). The number of nitrogens with one attached hydrogen (secondary N) is 1. The first kappa shape index (κ1) is 10.9. The lowest BCUT2D eigenvalue weighted by Gasteiger charge is -1.93. The summed E-state index contributed by atoms with van der Waals surface area (Å²) in [4.78, 5) is 10.9. The van der Waals surface area contributed by atoms with E-state index in [1.54, 1.807) is 11.8 Å². The zero-order valence-corrected chi connectivity index (χ0v) is 10.1. The first-order valence-corrected chi connectivity index (χ1v) is 6.50. The minimum atomic E-state index is -0.107. The first-order valence-electron chi connectivity index (χ1n) is 3.58. The average Bonchev–Trinajstić information content (AvgIpc) is 2.53. The minimum Gasteiger partial charge on any atom is -0.300 e. The molecular weight excluding hydrogens is 274 g/mol. The van der Waals surface area contributed by atoms with E-state index in [4.69, 9.17) is 0 Å². The second-order valence-electron chi connectivity index (χ2n) is 1.99. The average molecular weight is 282 g/mol. The number of rotatable bonds is 4. The van der Waals surface area contributed by atoms with Crippen LogP contribution in [0.15, 0.2) is 4.34 Å². The van der Waals surface area contributed by atoms with Crippen LogP contribution in [0.3, 0.4) is 0 Å². The summed E-state index contributed by atoms with van der Waals surface area (Å²) in [5.74, 6) is 0.852. The summed E-state index contributed by atoms with van der Waals surface area (Å²) in [6.45, 7) is 2.04. The molecule has 1 amide bonds. The fourth-order valence-electron chi connectivity index (χ4n) is 0.595. The molecule has 0 aliphatic carbocycles. The van der Waals surface area contributed by atoms with Crippen LogP contribution in [0.5, 0.6) is 0 Å². The predicted molar refractivity (Wildman–Crippen MR) is 58.7 cm³/mol. The fraction of sp³-hybridized carbons (Fsp3) is 0.500. The van der Waals surface area contributed by atoms with Crippen LogP contribution in [0, 0.1) is 0 Å². The third-order valence-corrected chi connectivity index (χ3v) is 3.41. The molecule has 0 unspecified atom stereocenters. The molecule has 1 aromatic heterocycles. The molecule has 0 saturated carbocycles. The molecule has 0 bridgehead atoms. The van der Waals surface area contributed by atoms with Crippen LogP contribution in [0.2, 0.25) is 0 Å². The number of hydrogen-bond donors (Lipinski definition) is 1. The molecule has 0 fully saturated rings. The fourth-order valence-corrected chi connectivity index (χ4v) is 2.40. The maximum absolute atomic E-state index is 10.9. The van der Waals surface area contributed by atoms with Crippen molar-refractivity contribution >= 4 is 50.1 Å². The van der Waals surface area contributed by atoms with E-state index in [0.717, 1.165) is 10.1 Å². The second kappa shape index (κ2) is 5.56. The minimum absolute atomic E-state index is 0.107. The van der Waals surface area contributed by atoms with Gasteiger partial charge in [0, 0.05) is 0 Å². The summed E-state index contributed by atoms with van der Waals surface area (Å²) in [5, 5.41) is 11.2. The van der Waals surface area contributed by atoms with Gasteiger partial charge in [0.25, 0.3) is 0 Å². The Morgan fingerprint density at radius 3 is 3.08 bits per heavy atom. The molecule has 0 atom stereocenters. The number of anilines is 1. The van der Waals surface area contributed by atoms with Gasteiger partial charge in [-0.2, -0.15) is 0 Å². The van der Waals surface area contributed by atoms with Crippen LogP contribution in [-0.4, -0.2) is 27.2 Å². The van der Waals surface area contributed by atoms with E-state index in [1.165, 1.54) is 11.3 Å². The Bertz CT molecular complexity index is 291. The van der Waals surface area contributed by atoms with Crippen LogP contribution in [0.1, 0.15) is 6.92 Å². The Labute approximate surface area is 92.6 Å². The van der Waals surface area contributed by atoms with Crippen molar-refractivity contribution in [3.05, 3.63) is 0 Å². The van der Waals surface area contributed by atoms with E-state index in [2.05, 4.69) is 31.4 Å². The molecule has 7 heteroatoms. The van der Waals surface area contributed by atoms with Crippen molar-refractivity contribution in [3.63, 3.8) is 0 Å². The molecule has 1 aromatic rings. The highest BCUT2D eigenvalue weighted by atomic mass is 79.9. The lowest BCUT2D eigenvalue weighted by molar-refractivity contribution is -0.113. The monoisotopic (exact) mass is 281 g/mol. The van der Waals surface area contributed by atoms with E-state index < -0.39 is 0 Å². The molecule has 72 valence electrons. The molecule has 4 nitrogen and oxygen atoms in total. The van der Waals surface area contributed by atoms with Crippen molar-refractivity contribution in [2.75, 3.05) is 16.4 Å². The van der Waals surface area contributed by atoms with E-state index in [-0.39, 0.29) is 11.2 Å². The summed E-state index contributed by atoms with van der Waals surface area (Å²) in [5.41, 5.74) is 0. The Balaban J connectivity index is 2.53. The van der Waals surface area contributed by atoms with Gasteiger partial charge in [-0.1, -0.05) is 46.0 Å². The summed E-state index contributed by atoms with van der Waals surface area (Å²) in [6.07, 6.45) is 0. The number of aromatic nitrogens is 2. The third kappa shape index (κ3) is 3.61. The van der Waals surface area contributed by atoms with Gasteiger partial charge in [-0.15, -0.1) is 10.2 Å². The number of nitrogens with zero attached hydrogens (tertiary/aromatic N) is 2. The molecule has 13 heavy (non-hydrogen) atoms. The van der Waals surface area contributed by atoms with Crippen molar-refractivity contribution in [2.24, 2.45) is 0 Å². The molecule has 1 rings (SSSR count). The van der Waals surface area contributed by atoms with Crippen LogP contribution in [0.25, 0.3) is 0 Å². The maximum atomic E-state index is 10.9. The second-order valence-corrected chi connectivity index (χ2v) is 5.04. The highest BCUT2D eigenvalue weighted by Gasteiger charge is 2.06. The van der Waals surface area contributed by atoms with Crippen LogP contribution in [-0.2, 0) is 4.79 Å². The Kier molecular flexibility index (Phi) is 4.68. The number of thioether (sulfide) groups is 1. The van der Waals surface area contributed by atoms with Gasteiger partial charge in [0.05, 0.1) is 5.33 Å². The van der Waals surface area contributed by atoms with Crippen molar-refractivity contribution in [1.29, 1.82) is 0 Å². The van der Waals surface area contributed by atoms with E-state index in [1.807, 2.05) is 6.92 Å². The normalized spacial score (nSPS) is 10.0. The molecule has 0 saturated heterocycles. The predicted octanol–water partition coefficient (Wildman–Crippen LogP) is 1.98. The van der Waals surface area contributed by atoms with E-state index >= 15 is 0 Å². The number of carbonyl (C=O) groups is 1. The topological polar surface area (TPSA) is 54.9 Å². The SMILES string of the molecule is CCSc1nnc(NC(=O)CBr)s1. The highest BCUT2D eigenvalue weighted by Crippen LogP contribution is 2.24. The van der Waals surface area contributed by atoms with Gasteiger partial charge < -0.3 is 0 Å². The van der Waals surface area contributed by atoms with Crippen molar-refractivity contribution in [2.45, 2.75) is 11.3 Å². The van der Waals surface area contributed by atoms with Crippen LogP contribution >= 0.6 is 39.0 Å². The number of alkyl halides is 1. The quantitative estimate of drug-likeness (QED) is 0.521. The molecule has 0 spiro atoms. The number of carbonyl (C=O) groups excluding carboxylic acids is 1. The van der Waals surface area contributed by atoms with E-state index in [0.29, 0.717) is 5.13 Å². The summed E-state index contributed by atoms with van der Waals surface area (Å²) in [6, 6.07) is 0. The molecule has 1 heterocycles. The number of amides is 1. The van der Waals surface area contributed by atoms with Gasteiger partial charge in [0.15, 0.2) is 4.34 Å². The van der Waals surface area contributed by atoms with E-state index in [9.17, 15) is 4.79 Å². The summed E-state index contributed by atoms with van der Waals surface area (Å²) >= 11 is 6.05. The third-order valence-electron chi connectivity index (χ3n) is 1.04. The zero-order chi connectivity index (χ0) is 9.68. The lowest BCUT2D eigenvalue weighted by atomic mass is 10.7. The molecular formula is C6H8BrN3OS2. The van der Waals surface area contributed by atoms with Gasteiger partial charge >= 0.3 is 0 Å². The molecule has 0 aliphatic rings.